The number of hydrogen-bond donors (Lipinski definition) is 1. The zero-order valence-electron chi connectivity index (χ0n) is 14.6. The number of H-pyrrole nitrogens is 1. The van der Waals surface area contributed by atoms with Crippen molar-refractivity contribution in [1.29, 1.82) is 0 Å². The van der Waals surface area contributed by atoms with Gasteiger partial charge in [-0.3, -0.25) is 20.2 Å². The Bertz CT molecular complexity index is 972. The van der Waals surface area contributed by atoms with Gasteiger partial charge in [0, 0.05) is 0 Å². The van der Waals surface area contributed by atoms with Crippen molar-refractivity contribution < 1.29 is 36.5 Å². The summed E-state index contributed by atoms with van der Waals surface area (Å²) >= 11 is 0. The largest absolute Gasteiger partial charge is 0.478 e. The maximum absolute atomic E-state index is 13.7. The zero-order chi connectivity index (χ0) is 22.1. The molecule has 29 heavy (non-hydrogen) atoms. The van der Waals surface area contributed by atoms with Crippen molar-refractivity contribution in [2.45, 2.75) is 38.0 Å². The van der Waals surface area contributed by atoms with Crippen molar-refractivity contribution in [1.82, 2.24) is 9.97 Å². The normalized spacial score (nSPS) is 13.3. The van der Waals surface area contributed by atoms with E-state index in [0.29, 0.717) is 12.5 Å². The molecule has 1 unspecified atom stereocenters. The fourth-order valence-corrected chi connectivity index (χ4v) is 2.45. The number of nitro groups is 2. The zero-order valence-corrected chi connectivity index (χ0v) is 14.6. The van der Waals surface area contributed by atoms with Crippen LogP contribution in [0, 0.1) is 20.2 Å². The highest BCUT2D eigenvalue weighted by atomic mass is 19.4. The predicted octanol–water partition coefficient (Wildman–Crippen LogP) is 4.77. The summed E-state index contributed by atoms with van der Waals surface area (Å²) in [7, 11) is 0. The van der Waals surface area contributed by atoms with Gasteiger partial charge >= 0.3 is 23.5 Å². The molecule has 2 aromatic rings. The number of non-ortho nitro benzene ring substituents is 1. The first-order chi connectivity index (χ1) is 13.3. The highest BCUT2D eigenvalue weighted by Crippen LogP contribution is 2.46. The van der Waals surface area contributed by atoms with Gasteiger partial charge in [-0.05, 0) is 6.42 Å². The Morgan fingerprint density at radius 1 is 1.24 bits per heavy atom. The number of rotatable bonds is 8. The Balaban J connectivity index is 2.87. The van der Waals surface area contributed by atoms with Gasteiger partial charge < -0.3 is 9.72 Å². The Labute approximate surface area is 158 Å². The van der Waals surface area contributed by atoms with Crippen LogP contribution in [-0.2, 0) is 5.92 Å². The van der Waals surface area contributed by atoms with Gasteiger partial charge in [-0.2, -0.15) is 22.0 Å². The Morgan fingerprint density at radius 3 is 2.28 bits per heavy atom. The van der Waals surface area contributed by atoms with E-state index < -0.39 is 62.0 Å². The molecule has 0 amide bonds. The molecule has 158 valence electrons. The van der Waals surface area contributed by atoms with Gasteiger partial charge in [-0.25, -0.2) is 4.98 Å². The minimum Gasteiger partial charge on any atom is -0.478 e. The van der Waals surface area contributed by atoms with Crippen LogP contribution in [0.1, 0.15) is 25.6 Å². The number of imidazole rings is 1. The van der Waals surface area contributed by atoms with E-state index >= 15 is 0 Å². The van der Waals surface area contributed by atoms with Crippen LogP contribution in [0.4, 0.5) is 33.3 Å². The molecule has 9 nitrogen and oxygen atoms in total. The number of ether oxygens (including phenoxy) is 1. The van der Waals surface area contributed by atoms with E-state index in [0.717, 1.165) is 0 Å². The van der Waals surface area contributed by atoms with Crippen LogP contribution in [-0.4, -0.2) is 32.1 Å². The van der Waals surface area contributed by atoms with E-state index in [2.05, 4.69) is 11.6 Å². The SMILES string of the molecule is C=CC(CCC)Oc1c([N+](=O)[O-])cc([N+](=O)[O-])c2nc(C(F)(F)C(F)(F)F)[nH]c12. The Kier molecular flexibility index (Phi) is 5.76. The fourth-order valence-electron chi connectivity index (χ4n) is 2.45. The first-order valence-corrected chi connectivity index (χ1v) is 7.94. The summed E-state index contributed by atoms with van der Waals surface area (Å²) in [6.07, 6.45) is -4.91. The van der Waals surface area contributed by atoms with Gasteiger partial charge in [-0.1, -0.05) is 26.0 Å². The Morgan fingerprint density at radius 2 is 1.83 bits per heavy atom. The van der Waals surface area contributed by atoms with E-state index in [1.165, 1.54) is 6.08 Å². The monoisotopic (exact) mass is 424 g/mol. The maximum Gasteiger partial charge on any atom is 0.461 e. The van der Waals surface area contributed by atoms with Gasteiger partial charge in [-0.15, -0.1) is 0 Å². The minimum atomic E-state index is -6.06. The van der Waals surface area contributed by atoms with Crippen LogP contribution in [0.15, 0.2) is 18.7 Å². The summed E-state index contributed by atoms with van der Waals surface area (Å²) in [6.45, 7) is 5.19. The lowest BCUT2D eigenvalue weighted by atomic mass is 10.2. The van der Waals surface area contributed by atoms with Crippen molar-refractivity contribution in [2.75, 3.05) is 0 Å². The van der Waals surface area contributed by atoms with Crippen LogP contribution in [0.25, 0.3) is 11.0 Å². The molecule has 0 bridgehead atoms. The van der Waals surface area contributed by atoms with Crippen molar-refractivity contribution in [2.24, 2.45) is 0 Å². The molecule has 0 radical (unpaired) electrons. The summed E-state index contributed by atoms with van der Waals surface area (Å²) in [5, 5.41) is 22.5. The number of nitrogens with one attached hydrogen (secondary N) is 1. The molecule has 0 spiro atoms. The van der Waals surface area contributed by atoms with Crippen molar-refractivity contribution in [3.8, 4) is 5.75 Å². The Hall–Kier alpha value is -3.32. The molecule has 1 atom stereocenters. The summed E-state index contributed by atoms with van der Waals surface area (Å²) in [5.74, 6) is -8.21. The average Bonchev–Trinajstić information content (AvgIpc) is 3.05. The molecule has 0 saturated carbocycles. The van der Waals surface area contributed by atoms with Gasteiger partial charge in [0.25, 0.3) is 0 Å². The summed E-state index contributed by atoms with van der Waals surface area (Å²) in [4.78, 5) is 24.9. The first-order valence-electron chi connectivity index (χ1n) is 7.94. The van der Waals surface area contributed by atoms with E-state index in [-0.39, 0.29) is 6.42 Å². The second kappa shape index (κ2) is 7.60. The second-order valence-corrected chi connectivity index (χ2v) is 5.82. The number of hydrogen-bond acceptors (Lipinski definition) is 6. The molecule has 0 aliphatic rings. The third-order valence-corrected chi connectivity index (χ3v) is 3.83. The highest BCUT2D eigenvalue weighted by molar-refractivity contribution is 5.93. The second-order valence-electron chi connectivity index (χ2n) is 5.82. The number of nitrogens with zero attached hydrogens (tertiary/aromatic N) is 3. The third kappa shape index (κ3) is 3.95. The third-order valence-electron chi connectivity index (χ3n) is 3.83. The van der Waals surface area contributed by atoms with Gasteiger partial charge in [0.1, 0.15) is 17.7 Å². The molecule has 14 heteroatoms. The van der Waals surface area contributed by atoms with E-state index in [1.807, 2.05) is 0 Å². The molecule has 0 aliphatic heterocycles. The van der Waals surface area contributed by atoms with Gasteiger partial charge in [0.15, 0.2) is 11.3 Å². The number of halogens is 5. The fraction of sp³-hybridized carbons (Fsp3) is 0.400. The molecule has 2 rings (SSSR count). The lowest BCUT2D eigenvalue weighted by molar-refractivity contribution is -0.393. The van der Waals surface area contributed by atoms with Crippen molar-refractivity contribution in [3.05, 3.63) is 44.8 Å². The molecule has 0 aliphatic carbocycles. The average molecular weight is 424 g/mol. The summed E-state index contributed by atoms with van der Waals surface area (Å²) in [6, 6.07) is 0.389. The van der Waals surface area contributed by atoms with Crippen LogP contribution in [0.3, 0.4) is 0 Å². The molecule has 1 aromatic heterocycles. The molecule has 1 aromatic carbocycles. The summed E-state index contributed by atoms with van der Waals surface area (Å²) in [5.41, 5.74) is -3.90. The van der Waals surface area contributed by atoms with E-state index in [4.69, 9.17) is 4.74 Å². The number of nitro benzene ring substituents is 2. The summed E-state index contributed by atoms with van der Waals surface area (Å²) < 4.78 is 70.8. The molecular weight excluding hydrogens is 411 g/mol. The number of aromatic nitrogens is 2. The highest BCUT2D eigenvalue weighted by Gasteiger charge is 2.61. The topological polar surface area (TPSA) is 124 Å². The van der Waals surface area contributed by atoms with Gasteiger partial charge in [0.2, 0.25) is 5.75 Å². The number of aromatic amines is 1. The molecule has 0 saturated heterocycles. The molecule has 1 heterocycles. The number of fused-ring (bicyclic) bond motifs is 1. The van der Waals surface area contributed by atoms with Crippen molar-refractivity contribution >= 4 is 22.4 Å². The standard InChI is InChI=1S/C15H13F5N4O5/c1-3-5-7(4-2)29-12-9(24(27)28)6-8(23(25)26)10-11(12)22-13(21-10)14(16,17)15(18,19)20/h4,6-7H,2-3,5H2,1H3,(H,21,22). The van der Waals surface area contributed by atoms with Crippen molar-refractivity contribution in [3.63, 3.8) is 0 Å². The molecule has 0 fully saturated rings. The number of benzene rings is 1. The van der Waals surface area contributed by atoms with Gasteiger partial charge in [0.05, 0.1) is 9.85 Å². The minimum absolute atomic E-state index is 0.277. The molecule has 1 N–H and O–H groups in total. The van der Waals surface area contributed by atoms with Crippen LogP contribution >= 0.6 is 0 Å². The molecular formula is C15H13F5N4O5. The lowest BCUT2D eigenvalue weighted by Crippen LogP contribution is -2.34. The quantitative estimate of drug-likeness (QED) is 0.282. The lowest BCUT2D eigenvalue weighted by Gasteiger charge is -2.17. The van der Waals surface area contributed by atoms with E-state index in [9.17, 15) is 42.2 Å². The predicted molar refractivity (Wildman–Crippen MR) is 88.9 cm³/mol. The smallest absolute Gasteiger partial charge is 0.461 e. The van der Waals surface area contributed by atoms with Crippen LogP contribution < -0.4 is 4.74 Å². The maximum atomic E-state index is 13.7. The van der Waals surface area contributed by atoms with Crippen LogP contribution in [0.5, 0.6) is 5.75 Å². The number of alkyl halides is 5. The first kappa shape index (κ1) is 22.0. The van der Waals surface area contributed by atoms with E-state index in [1.54, 1.807) is 11.9 Å². The van der Waals surface area contributed by atoms with Crippen LogP contribution in [0.2, 0.25) is 0 Å².